The molecule has 6 heteroatoms. The summed E-state index contributed by atoms with van der Waals surface area (Å²) < 4.78 is 5.36. The van der Waals surface area contributed by atoms with Crippen LogP contribution in [-0.2, 0) is 0 Å². The third-order valence-corrected chi connectivity index (χ3v) is 3.78. The second-order valence-corrected chi connectivity index (χ2v) is 5.60. The minimum Gasteiger partial charge on any atom is -0.461 e. The van der Waals surface area contributed by atoms with Crippen LogP contribution in [0.2, 0.25) is 15.3 Å². The maximum absolute atomic E-state index is 6.27. The van der Waals surface area contributed by atoms with Crippen molar-refractivity contribution in [3.63, 3.8) is 0 Å². The van der Waals surface area contributed by atoms with Gasteiger partial charge < -0.3 is 4.42 Å². The minimum absolute atomic E-state index is 0.253. The lowest BCUT2D eigenvalue weighted by Crippen LogP contribution is -1.94. The van der Waals surface area contributed by atoms with E-state index in [9.17, 15) is 0 Å². The summed E-state index contributed by atoms with van der Waals surface area (Å²) in [6.07, 6.45) is 1.57. The largest absolute Gasteiger partial charge is 0.461 e. The first-order valence-corrected chi connectivity index (χ1v) is 7.23. The number of nitrogens with zero attached hydrogens (tertiary/aromatic N) is 2. The molecule has 0 aliphatic heterocycles. The lowest BCUT2D eigenvalue weighted by atomic mass is 10.1. The van der Waals surface area contributed by atoms with Gasteiger partial charge in [-0.05, 0) is 36.2 Å². The van der Waals surface area contributed by atoms with Crippen LogP contribution in [-0.4, -0.2) is 9.97 Å². The maximum Gasteiger partial charge on any atom is 0.198 e. The summed E-state index contributed by atoms with van der Waals surface area (Å²) in [6, 6.07) is 9.02. The lowest BCUT2D eigenvalue weighted by molar-refractivity contribution is 0.575. The molecule has 0 N–H and O–H groups in total. The Hall–Kier alpha value is -1.55. The predicted molar refractivity (Wildman–Crippen MR) is 84.9 cm³/mol. The van der Waals surface area contributed by atoms with Crippen molar-refractivity contribution in [3.8, 4) is 22.7 Å². The molecule has 0 unspecified atom stereocenters. The molecule has 0 amide bonds. The highest BCUT2D eigenvalue weighted by atomic mass is 35.5. The molecule has 3 aromatic rings. The molecule has 0 fully saturated rings. The van der Waals surface area contributed by atoms with Gasteiger partial charge in [-0.1, -0.05) is 46.9 Å². The highest BCUT2D eigenvalue weighted by molar-refractivity contribution is 6.38. The number of aryl methyl sites for hydroxylation is 1. The van der Waals surface area contributed by atoms with Gasteiger partial charge in [-0.3, -0.25) is 0 Å². The summed E-state index contributed by atoms with van der Waals surface area (Å²) in [5.41, 5.74) is 2.23. The molecule has 3 nitrogen and oxygen atoms in total. The number of hydrogen-bond donors (Lipinski definition) is 0. The van der Waals surface area contributed by atoms with Crippen LogP contribution in [0.5, 0.6) is 0 Å². The van der Waals surface area contributed by atoms with Crippen LogP contribution in [0.1, 0.15) is 5.56 Å². The number of hydrogen-bond acceptors (Lipinski definition) is 3. The van der Waals surface area contributed by atoms with E-state index < -0.39 is 0 Å². The molecular formula is C15H9Cl3N2O. The Morgan fingerprint density at radius 3 is 2.29 bits per heavy atom. The molecule has 21 heavy (non-hydrogen) atoms. The fourth-order valence-electron chi connectivity index (χ4n) is 1.99. The van der Waals surface area contributed by atoms with Crippen LogP contribution in [0.15, 0.2) is 41.0 Å². The van der Waals surface area contributed by atoms with Gasteiger partial charge in [0.05, 0.1) is 11.8 Å². The van der Waals surface area contributed by atoms with E-state index in [4.69, 9.17) is 39.2 Å². The minimum atomic E-state index is 0.253. The molecule has 106 valence electrons. The molecule has 0 spiro atoms. The number of benzene rings is 1. The Balaban J connectivity index is 2.15. The van der Waals surface area contributed by atoms with E-state index in [-0.39, 0.29) is 10.3 Å². The van der Waals surface area contributed by atoms with Crippen LogP contribution in [0, 0.1) is 6.92 Å². The van der Waals surface area contributed by atoms with Gasteiger partial charge in [0.2, 0.25) is 0 Å². The van der Waals surface area contributed by atoms with Crippen molar-refractivity contribution in [2.75, 3.05) is 0 Å². The standard InChI is InChI=1S/C15H9Cl3N2O/c1-8-5-6-21-12(8)15-19-13(17)11(14(18)20-15)9-3-2-4-10(16)7-9/h2-7H,1H3. The molecule has 0 saturated heterocycles. The van der Waals surface area contributed by atoms with Crippen LogP contribution in [0.3, 0.4) is 0 Å². The van der Waals surface area contributed by atoms with E-state index in [0.29, 0.717) is 22.2 Å². The summed E-state index contributed by atoms with van der Waals surface area (Å²) in [7, 11) is 0. The fourth-order valence-corrected chi connectivity index (χ4v) is 2.79. The number of furan rings is 1. The second-order valence-electron chi connectivity index (χ2n) is 4.45. The van der Waals surface area contributed by atoms with E-state index in [1.807, 2.05) is 25.1 Å². The number of aromatic nitrogens is 2. The van der Waals surface area contributed by atoms with E-state index in [0.717, 1.165) is 11.1 Å². The third kappa shape index (κ3) is 2.77. The SMILES string of the molecule is Cc1ccoc1-c1nc(Cl)c(-c2cccc(Cl)c2)c(Cl)n1. The molecule has 2 heterocycles. The average molecular weight is 340 g/mol. The van der Waals surface area contributed by atoms with Gasteiger partial charge in [-0.25, -0.2) is 9.97 Å². The summed E-state index contributed by atoms with van der Waals surface area (Å²) >= 11 is 18.5. The molecule has 1 aromatic carbocycles. The summed E-state index contributed by atoms with van der Waals surface area (Å²) in [5, 5.41) is 1.09. The van der Waals surface area contributed by atoms with Crippen LogP contribution < -0.4 is 0 Å². The summed E-state index contributed by atoms with van der Waals surface area (Å²) in [5.74, 6) is 0.912. The summed E-state index contributed by atoms with van der Waals surface area (Å²) in [6.45, 7) is 1.90. The topological polar surface area (TPSA) is 38.9 Å². The Labute approximate surface area is 136 Å². The highest BCUT2D eigenvalue weighted by Crippen LogP contribution is 2.35. The van der Waals surface area contributed by atoms with Gasteiger partial charge in [-0.2, -0.15) is 0 Å². The second kappa shape index (κ2) is 5.68. The smallest absolute Gasteiger partial charge is 0.198 e. The summed E-state index contributed by atoms with van der Waals surface area (Å²) in [4.78, 5) is 8.55. The monoisotopic (exact) mass is 338 g/mol. The van der Waals surface area contributed by atoms with Crippen molar-refractivity contribution in [1.29, 1.82) is 0 Å². The van der Waals surface area contributed by atoms with Gasteiger partial charge in [-0.15, -0.1) is 0 Å². The van der Waals surface area contributed by atoms with Gasteiger partial charge >= 0.3 is 0 Å². The molecule has 0 bridgehead atoms. The zero-order valence-electron chi connectivity index (χ0n) is 10.9. The third-order valence-electron chi connectivity index (χ3n) is 3.00. The number of halogens is 3. The zero-order valence-corrected chi connectivity index (χ0v) is 13.2. The van der Waals surface area contributed by atoms with E-state index in [1.54, 1.807) is 18.4 Å². The van der Waals surface area contributed by atoms with Crippen molar-refractivity contribution in [3.05, 3.63) is 57.5 Å². The van der Waals surface area contributed by atoms with E-state index in [1.165, 1.54) is 0 Å². The first-order chi connectivity index (χ1) is 10.1. The normalized spacial score (nSPS) is 10.9. The van der Waals surface area contributed by atoms with Crippen molar-refractivity contribution in [2.24, 2.45) is 0 Å². The van der Waals surface area contributed by atoms with Gasteiger partial charge in [0.25, 0.3) is 0 Å². The molecule has 0 saturated carbocycles. The Kier molecular flexibility index (Phi) is 3.89. The van der Waals surface area contributed by atoms with Crippen LogP contribution in [0.4, 0.5) is 0 Å². The van der Waals surface area contributed by atoms with Crippen molar-refractivity contribution in [2.45, 2.75) is 6.92 Å². The highest BCUT2D eigenvalue weighted by Gasteiger charge is 2.17. The molecule has 0 aliphatic rings. The maximum atomic E-state index is 6.27. The van der Waals surface area contributed by atoms with Crippen molar-refractivity contribution >= 4 is 34.8 Å². The number of rotatable bonds is 2. The molecule has 0 aliphatic carbocycles. The lowest BCUT2D eigenvalue weighted by Gasteiger charge is -2.08. The van der Waals surface area contributed by atoms with Gasteiger partial charge in [0.1, 0.15) is 10.3 Å². The Bertz CT molecular complexity index is 791. The van der Waals surface area contributed by atoms with Crippen LogP contribution in [0.25, 0.3) is 22.7 Å². The van der Waals surface area contributed by atoms with Gasteiger partial charge in [0.15, 0.2) is 11.6 Å². The Morgan fingerprint density at radius 2 is 1.71 bits per heavy atom. The van der Waals surface area contributed by atoms with Crippen LogP contribution >= 0.6 is 34.8 Å². The quantitative estimate of drug-likeness (QED) is 0.564. The average Bonchev–Trinajstić information content (AvgIpc) is 2.84. The Morgan fingerprint density at radius 1 is 1.00 bits per heavy atom. The van der Waals surface area contributed by atoms with E-state index >= 15 is 0 Å². The fraction of sp³-hybridized carbons (Fsp3) is 0.0667. The first-order valence-electron chi connectivity index (χ1n) is 6.09. The predicted octanol–water partition coefficient (Wildman–Crippen LogP) is 5.67. The molecule has 0 radical (unpaired) electrons. The molecular weight excluding hydrogens is 331 g/mol. The molecule has 2 aromatic heterocycles. The molecule has 3 rings (SSSR count). The first kappa shape index (κ1) is 14.4. The van der Waals surface area contributed by atoms with E-state index in [2.05, 4.69) is 9.97 Å². The van der Waals surface area contributed by atoms with Crippen molar-refractivity contribution < 1.29 is 4.42 Å². The van der Waals surface area contributed by atoms with Crippen molar-refractivity contribution in [1.82, 2.24) is 9.97 Å². The molecule has 0 atom stereocenters. The zero-order chi connectivity index (χ0) is 15.0. The van der Waals surface area contributed by atoms with Gasteiger partial charge in [0, 0.05) is 5.02 Å².